The molecule has 5 rings (SSSR count). The average molecular weight is 448 g/mol. The van der Waals surface area contributed by atoms with Crippen LogP contribution in [0.15, 0.2) is 61.1 Å². The topological polar surface area (TPSA) is 66.8 Å². The summed E-state index contributed by atoms with van der Waals surface area (Å²) in [5.74, 6) is 0.694. The van der Waals surface area contributed by atoms with Gasteiger partial charge in [-0.15, -0.1) is 0 Å². The largest absolute Gasteiger partial charge is 0.342 e. The second-order valence-electron chi connectivity index (χ2n) is 8.57. The van der Waals surface area contributed by atoms with Gasteiger partial charge >= 0.3 is 0 Å². The van der Waals surface area contributed by atoms with E-state index in [2.05, 4.69) is 38.2 Å². The number of hydrogen-bond acceptors (Lipinski definition) is 3. The smallest absolute Gasteiger partial charge is 0.226 e. The number of amides is 1. The second kappa shape index (κ2) is 9.17. The first-order chi connectivity index (χ1) is 15.7. The molecule has 0 saturated carbocycles. The zero-order valence-corrected chi connectivity index (χ0v) is 18.6. The van der Waals surface area contributed by atoms with Gasteiger partial charge in [0.25, 0.3) is 0 Å². The lowest BCUT2D eigenvalue weighted by Gasteiger charge is -2.21. The van der Waals surface area contributed by atoms with Crippen molar-refractivity contribution < 1.29 is 4.79 Å². The number of benzene rings is 2. The van der Waals surface area contributed by atoms with E-state index in [9.17, 15) is 4.79 Å². The number of nitrogens with zero attached hydrogens (tertiary/aromatic N) is 4. The molecule has 3 heterocycles. The standard InChI is InChI=1S/C25H26ClN5O/c26-23-5-1-3-19(11-23)12-25(32)30-9-2-4-18(8-10-30)17-31-24-7-6-20(13-21(24)16-29-31)22-14-27-28-15-22/h1,3,5-7,11,13-16,18H,2,4,8-10,12,17H2,(H,27,28). The van der Waals surface area contributed by atoms with Crippen molar-refractivity contribution in [3.63, 3.8) is 0 Å². The molecule has 6 nitrogen and oxygen atoms in total. The molecule has 1 aliphatic rings. The van der Waals surface area contributed by atoms with Crippen molar-refractivity contribution >= 4 is 28.4 Å². The quantitative estimate of drug-likeness (QED) is 0.470. The lowest BCUT2D eigenvalue weighted by atomic mass is 10.0. The maximum atomic E-state index is 12.8. The van der Waals surface area contributed by atoms with E-state index in [-0.39, 0.29) is 5.91 Å². The van der Waals surface area contributed by atoms with Crippen LogP contribution in [0.1, 0.15) is 24.8 Å². The highest BCUT2D eigenvalue weighted by molar-refractivity contribution is 6.30. The van der Waals surface area contributed by atoms with Gasteiger partial charge in [-0.1, -0.05) is 29.8 Å². The molecule has 32 heavy (non-hydrogen) atoms. The maximum absolute atomic E-state index is 12.8. The molecule has 4 aromatic rings. The van der Waals surface area contributed by atoms with Gasteiger partial charge in [0.2, 0.25) is 5.91 Å². The highest BCUT2D eigenvalue weighted by Gasteiger charge is 2.22. The van der Waals surface area contributed by atoms with E-state index in [1.807, 2.05) is 47.8 Å². The molecule has 1 saturated heterocycles. The lowest BCUT2D eigenvalue weighted by molar-refractivity contribution is -0.130. The third-order valence-electron chi connectivity index (χ3n) is 6.35. The van der Waals surface area contributed by atoms with Crippen molar-refractivity contribution in [1.82, 2.24) is 24.9 Å². The van der Waals surface area contributed by atoms with Crippen LogP contribution >= 0.6 is 11.6 Å². The van der Waals surface area contributed by atoms with Crippen LogP contribution in [0.4, 0.5) is 0 Å². The predicted octanol–water partition coefficient (Wildman–Crippen LogP) is 4.95. The zero-order valence-electron chi connectivity index (χ0n) is 17.9. The molecular formula is C25H26ClN5O. The normalized spacial score (nSPS) is 16.9. The summed E-state index contributed by atoms with van der Waals surface area (Å²) in [5, 5.41) is 13.4. The average Bonchev–Trinajstić information content (AvgIpc) is 3.40. The van der Waals surface area contributed by atoms with E-state index in [1.165, 1.54) is 0 Å². The van der Waals surface area contributed by atoms with Crippen LogP contribution in [0, 0.1) is 5.92 Å². The minimum absolute atomic E-state index is 0.184. The molecule has 164 valence electrons. The number of rotatable bonds is 5. The SMILES string of the molecule is O=C(Cc1cccc(Cl)c1)N1CCCC(Cn2ncc3cc(-c4cn[nH]c4)ccc32)CC1. The van der Waals surface area contributed by atoms with Gasteiger partial charge in [0.05, 0.1) is 24.3 Å². The Morgan fingerprint density at radius 3 is 2.88 bits per heavy atom. The number of likely N-dealkylation sites (tertiary alicyclic amines) is 1. The minimum atomic E-state index is 0.184. The van der Waals surface area contributed by atoms with Crippen LogP contribution in [-0.2, 0) is 17.8 Å². The number of aromatic nitrogens is 4. The number of carbonyl (C=O) groups excluding carboxylic acids is 1. The molecule has 1 atom stereocenters. The molecule has 2 aromatic carbocycles. The molecule has 1 aliphatic heterocycles. The molecule has 0 aliphatic carbocycles. The molecule has 1 unspecified atom stereocenters. The number of aromatic amines is 1. The fourth-order valence-electron chi connectivity index (χ4n) is 4.60. The molecule has 1 fully saturated rings. The Kier molecular flexibility index (Phi) is 5.95. The van der Waals surface area contributed by atoms with Crippen LogP contribution in [0.5, 0.6) is 0 Å². The molecule has 1 N–H and O–H groups in total. The van der Waals surface area contributed by atoms with E-state index < -0.39 is 0 Å². The Bertz CT molecular complexity index is 1220. The van der Waals surface area contributed by atoms with Crippen molar-refractivity contribution in [3.8, 4) is 11.1 Å². The zero-order chi connectivity index (χ0) is 21.9. The van der Waals surface area contributed by atoms with E-state index in [0.29, 0.717) is 17.4 Å². The van der Waals surface area contributed by atoms with Crippen LogP contribution < -0.4 is 0 Å². The minimum Gasteiger partial charge on any atom is -0.342 e. The first kappa shape index (κ1) is 20.8. The Morgan fingerprint density at radius 1 is 1.09 bits per heavy atom. The number of nitrogens with one attached hydrogen (secondary N) is 1. The third kappa shape index (κ3) is 4.55. The number of hydrogen-bond donors (Lipinski definition) is 1. The van der Waals surface area contributed by atoms with Gasteiger partial charge < -0.3 is 4.90 Å². The van der Waals surface area contributed by atoms with E-state index in [4.69, 9.17) is 11.6 Å². The summed E-state index contributed by atoms with van der Waals surface area (Å²) in [7, 11) is 0. The predicted molar refractivity (Wildman–Crippen MR) is 126 cm³/mol. The third-order valence-corrected chi connectivity index (χ3v) is 6.58. The van der Waals surface area contributed by atoms with E-state index >= 15 is 0 Å². The Morgan fingerprint density at radius 2 is 2.03 bits per heavy atom. The highest BCUT2D eigenvalue weighted by Crippen LogP contribution is 2.26. The molecule has 0 spiro atoms. The number of fused-ring (bicyclic) bond motifs is 1. The number of H-pyrrole nitrogens is 1. The fraction of sp³-hybridized carbons (Fsp3) is 0.320. The van der Waals surface area contributed by atoms with Gasteiger partial charge in [0.15, 0.2) is 0 Å². The summed E-state index contributed by atoms with van der Waals surface area (Å²) >= 11 is 6.07. The Hall–Kier alpha value is -3.12. The first-order valence-electron chi connectivity index (χ1n) is 11.1. The molecule has 0 radical (unpaired) electrons. The first-order valence-corrected chi connectivity index (χ1v) is 11.5. The van der Waals surface area contributed by atoms with Crippen LogP contribution in [0.25, 0.3) is 22.0 Å². The monoisotopic (exact) mass is 447 g/mol. The van der Waals surface area contributed by atoms with Gasteiger partial charge in [-0.25, -0.2) is 0 Å². The van der Waals surface area contributed by atoms with Crippen molar-refractivity contribution in [1.29, 1.82) is 0 Å². The Balaban J connectivity index is 1.22. The van der Waals surface area contributed by atoms with E-state index in [0.717, 1.165) is 66.5 Å². The second-order valence-corrected chi connectivity index (χ2v) is 9.01. The molecule has 2 aromatic heterocycles. The van der Waals surface area contributed by atoms with Crippen molar-refractivity contribution in [2.75, 3.05) is 13.1 Å². The maximum Gasteiger partial charge on any atom is 0.226 e. The summed E-state index contributed by atoms with van der Waals surface area (Å²) in [6, 6.07) is 14.0. The molecule has 1 amide bonds. The van der Waals surface area contributed by atoms with Crippen molar-refractivity contribution in [3.05, 3.63) is 71.6 Å². The van der Waals surface area contributed by atoms with E-state index in [1.54, 1.807) is 0 Å². The van der Waals surface area contributed by atoms with Gasteiger partial charge in [-0.2, -0.15) is 10.2 Å². The highest BCUT2D eigenvalue weighted by atomic mass is 35.5. The fourth-order valence-corrected chi connectivity index (χ4v) is 4.81. The van der Waals surface area contributed by atoms with Gasteiger partial charge in [-0.3, -0.25) is 14.6 Å². The number of carbonyl (C=O) groups is 1. The van der Waals surface area contributed by atoms with Gasteiger partial charge in [0, 0.05) is 41.8 Å². The van der Waals surface area contributed by atoms with Crippen LogP contribution in [0.3, 0.4) is 0 Å². The Labute approximate surface area is 192 Å². The summed E-state index contributed by atoms with van der Waals surface area (Å²) in [6.07, 6.45) is 9.21. The summed E-state index contributed by atoms with van der Waals surface area (Å²) in [4.78, 5) is 14.8. The van der Waals surface area contributed by atoms with Gasteiger partial charge in [-0.05, 0) is 60.6 Å². The molecule has 7 heteroatoms. The van der Waals surface area contributed by atoms with Crippen molar-refractivity contribution in [2.24, 2.45) is 5.92 Å². The lowest BCUT2D eigenvalue weighted by Crippen LogP contribution is -2.33. The number of halogens is 1. The molecular weight excluding hydrogens is 422 g/mol. The van der Waals surface area contributed by atoms with Crippen LogP contribution in [0.2, 0.25) is 5.02 Å². The summed E-state index contributed by atoms with van der Waals surface area (Å²) in [5.41, 5.74) is 4.33. The van der Waals surface area contributed by atoms with Crippen LogP contribution in [-0.4, -0.2) is 43.9 Å². The molecule has 0 bridgehead atoms. The summed E-state index contributed by atoms with van der Waals surface area (Å²) < 4.78 is 2.11. The summed E-state index contributed by atoms with van der Waals surface area (Å²) in [6.45, 7) is 2.50. The van der Waals surface area contributed by atoms with Crippen molar-refractivity contribution in [2.45, 2.75) is 32.2 Å². The van der Waals surface area contributed by atoms with Gasteiger partial charge in [0.1, 0.15) is 0 Å².